The molecule has 1 heterocycles. The summed E-state index contributed by atoms with van der Waals surface area (Å²) in [5.74, 6) is -3.81. The van der Waals surface area contributed by atoms with Crippen molar-refractivity contribution in [2.24, 2.45) is 11.6 Å². The summed E-state index contributed by atoms with van der Waals surface area (Å²) in [5.41, 5.74) is 4.86. The largest absolute Gasteiger partial charge is 0.393 e. The minimum absolute atomic E-state index is 0.0489. The van der Waals surface area contributed by atoms with Gasteiger partial charge in [-0.05, 0) is 45.9 Å². The van der Waals surface area contributed by atoms with E-state index in [1.807, 2.05) is 20.8 Å². The molecule has 1 aromatic heterocycles. The average Bonchev–Trinajstić information content (AvgIpc) is 2.48. The highest BCUT2D eigenvalue weighted by Gasteiger charge is 2.27. The molecule has 1 aliphatic carbocycles. The number of primary amides is 1. The third-order valence-corrected chi connectivity index (χ3v) is 3.14. The normalized spacial score (nSPS) is 38.6. The van der Waals surface area contributed by atoms with E-state index < -0.39 is 55.5 Å². The average molecular weight is 328 g/mol. The number of hydrogen-bond donors (Lipinski definition) is 4. The lowest BCUT2D eigenvalue weighted by atomic mass is 9.85. The van der Waals surface area contributed by atoms with Crippen LogP contribution < -0.4 is 16.4 Å². The predicted octanol–water partition coefficient (Wildman–Crippen LogP) is 1.75. The highest BCUT2D eigenvalue weighted by molar-refractivity contribution is 5.97. The van der Waals surface area contributed by atoms with Gasteiger partial charge in [-0.3, -0.25) is 4.79 Å². The Morgan fingerprint density at radius 2 is 2.35 bits per heavy atom. The lowest BCUT2D eigenvalue weighted by Gasteiger charge is -2.32. The SMILES string of the molecule is [2H]C([2H])([2H])C1([2H])C([2H])([2H])CC(Nc2nc(NC(C)(C)C)ncc2C(N)=O)CC1([2H])O. The molecule has 5 N–H and O–H groups in total. The Kier molecular flexibility index (Phi) is 2.93. The molecule has 2 rings (SSSR count). The van der Waals surface area contributed by atoms with E-state index in [0.717, 1.165) is 0 Å². The second-order valence-electron chi connectivity index (χ2n) is 6.44. The standard InChI is InChI=1S/C16H27N5O2/c1-9-5-6-10(7-12(9)22)19-14-11(13(17)23)8-18-15(20-14)21-16(2,3)4/h8-10,12,22H,5-7H2,1-4H3,(H2,17,23)(H2,18,19,20,21)/i1D3,5D2,9D,12D. The number of nitrogens with two attached hydrogens (primary N) is 1. The number of amides is 1. The molecule has 128 valence electrons. The first-order valence-electron chi connectivity index (χ1n) is 10.7. The summed E-state index contributed by atoms with van der Waals surface area (Å²) in [7, 11) is 0. The Bertz CT molecular complexity index is 805. The van der Waals surface area contributed by atoms with Gasteiger partial charge >= 0.3 is 0 Å². The molecule has 23 heavy (non-hydrogen) atoms. The quantitative estimate of drug-likeness (QED) is 0.669. The third-order valence-electron chi connectivity index (χ3n) is 3.14. The van der Waals surface area contributed by atoms with Crippen LogP contribution >= 0.6 is 0 Å². The van der Waals surface area contributed by atoms with Gasteiger partial charge in [-0.15, -0.1) is 0 Å². The maximum Gasteiger partial charge on any atom is 0.254 e. The van der Waals surface area contributed by atoms with Gasteiger partial charge in [0.15, 0.2) is 0 Å². The van der Waals surface area contributed by atoms with Crippen LogP contribution in [0.2, 0.25) is 0 Å². The number of aromatic nitrogens is 2. The summed E-state index contributed by atoms with van der Waals surface area (Å²) in [6.45, 7) is 2.35. The highest BCUT2D eigenvalue weighted by Crippen LogP contribution is 2.27. The zero-order valence-electron chi connectivity index (χ0n) is 20.4. The van der Waals surface area contributed by atoms with Gasteiger partial charge in [0.05, 0.1) is 13.0 Å². The molecule has 1 aromatic rings. The van der Waals surface area contributed by atoms with Gasteiger partial charge in [0.25, 0.3) is 5.91 Å². The van der Waals surface area contributed by atoms with E-state index in [1.54, 1.807) is 0 Å². The molecule has 3 unspecified atom stereocenters. The maximum atomic E-state index is 11.8. The Hall–Kier alpha value is -1.89. The summed E-state index contributed by atoms with van der Waals surface area (Å²) in [6.07, 6.45) is -5.60. The molecular weight excluding hydrogens is 294 g/mol. The smallest absolute Gasteiger partial charge is 0.254 e. The monoisotopic (exact) mass is 328 g/mol. The number of carbonyl (C=O) groups excluding carboxylic acids is 1. The summed E-state index contributed by atoms with van der Waals surface area (Å²) in [6, 6.07) is -1.00. The van der Waals surface area contributed by atoms with E-state index in [4.69, 9.17) is 15.3 Å². The van der Waals surface area contributed by atoms with Crippen molar-refractivity contribution in [3.05, 3.63) is 11.8 Å². The van der Waals surface area contributed by atoms with Gasteiger partial charge in [-0.1, -0.05) is 6.85 Å². The van der Waals surface area contributed by atoms with Crippen LogP contribution in [0.15, 0.2) is 6.20 Å². The lowest BCUT2D eigenvalue weighted by Crippen LogP contribution is -2.36. The molecular formula is C16H27N5O2. The molecule has 0 saturated heterocycles. The van der Waals surface area contributed by atoms with Crippen LogP contribution in [-0.4, -0.2) is 38.6 Å². The third kappa shape index (κ3) is 4.79. The Balaban J connectivity index is 2.41. The van der Waals surface area contributed by atoms with E-state index in [0.29, 0.717) is 0 Å². The highest BCUT2D eigenvalue weighted by atomic mass is 16.3. The van der Waals surface area contributed by atoms with Crippen LogP contribution in [0.3, 0.4) is 0 Å². The number of rotatable bonds is 4. The molecule has 7 nitrogen and oxygen atoms in total. The molecule has 1 saturated carbocycles. The maximum absolute atomic E-state index is 11.8. The fraction of sp³-hybridized carbons (Fsp3) is 0.688. The fourth-order valence-electron chi connectivity index (χ4n) is 2.10. The molecule has 1 fully saturated rings. The zero-order chi connectivity index (χ0) is 23.3. The van der Waals surface area contributed by atoms with Crippen molar-refractivity contribution in [1.82, 2.24) is 9.97 Å². The van der Waals surface area contributed by atoms with Crippen molar-refractivity contribution in [1.29, 1.82) is 0 Å². The van der Waals surface area contributed by atoms with Gasteiger partial charge in [0, 0.05) is 26.0 Å². The first-order chi connectivity index (χ1) is 13.3. The number of hydrogen-bond acceptors (Lipinski definition) is 6. The van der Waals surface area contributed by atoms with Gasteiger partial charge in [-0.25, -0.2) is 4.98 Å². The van der Waals surface area contributed by atoms with Gasteiger partial charge in [0.2, 0.25) is 5.95 Å². The number of anilines is 2. The van der Waals surface area contributed by atoms with Crippen molar-refractivity contribution in [2.75, 3.05) is 10.6 Å². The molecule has 7 heteroatoms. The molecule has 0 aromatic carbocycles. The molecule has 0 bridgehead atoms. The van der Waals surface area contributed by atoms with E-state index in [2.05, 4.69) is 20.6 Å². The van der Waals surface area contributed by atoms with E-state index >= 15 is 0 Å². The topological polar surface area (TPSA) is 113 Å². The summed E-state index contributed by atoms with van der Waals surface area (Å²) in [5, 5.41) is 16.3. The summed E-state index contributed by atoms with van der Waals surface area (Å²) in [4.78, 5) is 20.0. The minimum Gasteiger partial charge on any atom is -0.393 e. The Labute approximate surface area is 146 Å². The van der Waals surface area contributed by atoms with Crippen molar-refractivity contribution in [3.63, 3.8) is 0 Å². The minimum atomic E-state index is -3.24. The second-order valence-corrected chi connectivity index (χ2v) is 6.44. The number of aliphatic hydroxyl groups is 1. The number of carbonyl (C=O) groups is 1. The van der Waals surface area contributed by atoms with Crippen molar-refractivity contribution >= 4 is 17.7 Å². The van der Waals surface area contributed by atoms with Crippen molar-refractivity contribution < 1.29 is 19.5 Å². The van der Waals surface area contributed by atoms with Crippen LogP contribution in [0.1, 0.15) is 66.8 Å². The van der Waals surface area contributed by atoms with Crippen LogP contribution in [0.5, 0.6) is 0 Å². The van der Waals surface area contributed by atoms with Gasteiger partial charge in [0.1, 0.15) is 5.82 Å². The van der Waals surface area contributed by atoms with Gasteiger partial charge in [-0.2, -0.15) is 4.98 Å². The molecule has 0 radical (unpaired) electrons. The Morgan fingerprint density at radius 1 is 1.61 bits per heavy atom. The lowest BCUT2D eigenvalue weighted by molar-refractivity contribution is 0.0739. The fourth-order valence-corrected chi connectivity index (χ4v) is 2.10. The summed E-state index contributed by atoms with van der Waals surface area (Å²) >= 11 is 0. The number of nitrogens with one attached hydrogen (secondary N) is 2. The molecule has 0 aliphatic heterocycles. The molecule has 1 amide bonds. The Morgan fingerprint density at radius 3 is 2.91 bits per heavy atom. The zero-order valence-corrected chi connectivity index (χ0v) is 13.4. The van der Waals surface area contributed by atoms with Crippen molar-refractivity contribution in [3.8, 4) is 0 Å². The molecule has 0 spiro atoms. The van der Waals surface area contributed by atoms with Crippen molar-refractivity contribution in [2.45, 2.75) is 64.5 Å². The predicted molar refractivity (Wildman–Crippen MR) is 90.4 cm³/mol. The van der Waals surface area contributed by atoms with E-state index in [9.17, 15) is 9.90 Å². The van der Waals surface area contributed by atoms with Gasteiger partial charge < -0.3 is 21.5 Å². The first-order valence-corrected chi connectivity index (χ1v) is 7.25. The first kappa shape index (κ1) is 10.1. The summed E-state index contributed by atoms with van der Waals surface area (Å²) < 4.78 is 55.2. The van der Waals surface area contributed by atoms with Crippen LogP contribution in [0, 0.1) is 5.89 Å². The molecule has 3 atom stereocenters. The number of nitrogens with zero attached hydrogens (tertiary/aromatic N) is 2. The van der Waals surface area contributed by atoms with Crippen LogP contribution in [-0.2, 0) is 0 Å². The van der Waals surface area contributed by atoms with Crippen LogP contribution in [0.4, 0.5) is 11.8 Å². The second kappa shape index (κ2) is 6.70. The van der Waals surface area contributed by atoms with Crippen LogP contribution in [0.25, 0.3) is 0 Å². The van der Waals surface area contributed by atoms with E-state index in [-0.39, 0.29) is 17.3 Å². The van der Waals surface area contributed by atoms with E-state index in [1.165, 1.54) is 6.20 Å². The molecule has 1 aliphatic rings.